The van der Waals surface area contributed by atoms with Crippen LogP contribution in [0.25, 0.3) is 0 Å². The molecule has 0 aliphatic carbocycles. The van der Waals surface area contributed by atoms with E-state index < -0.39 is 11.7 Å². The Morgan fingerprint density at radius 1 is 1.40 bits per heavy atom. The van der Waals surface area contributed by atoms with Crippen molar-refractivity contribution in [2.45, 2.75) is 0 Å². The maximum absolute atomic E-state index is 13.2. The van der Waals surface area contributed by atoms with Crippen LogP contribution in [0.1, 0.15) is 15.9 Å². The van der Waals surface area contributed by atoms with Gasteiger partial charge in [-0.05, 0) is 30.3 Å². The number of pyridine rings is 1. The molecule has 1 heterocycles. The van der Waals surface area contributed by atoms with E-state index in [1.807, 2.05) is 0 Å². The smallest absolute Gasteiger partial charge is 0.255 e. The molecule has 0 aliphatic heterocycles. The molecule has 0 radical (unpaired) electrons. The van der Waals surface area contributed by atoms with Crippen molar-refractivity contribution < 1.29 is 9.18 Å². The van der Waals surface area contributed by atoms with Gasteiger partial charge in [-0.15, -0.1) is 0 Å². The molecular formula is C13H8ClFN4O. The number of hydrogen-bond donors (Lipinski definition) is 2. The van der Waals surface area contributed by atoms with E-state index >= 15 is 0 Å². The number of carbonyl (C=O) groups is 1. The van der Waals surface area contributed by atoms with Crippen molar-refractivity contribution in [2.75, 3.05) is 11.1 Å². The lowest BCUT2D eigenvalue weighted by molar-refractivity contribution is 0.102. The molecule has 0 fully saturated rings. The van der Waals surface area contributed by atoms with Gasteiger partial charge in [-0.2, -0.15) is 5.26 Å². The number of rotatable bonds is 2. The van der Waals surface area contributed by atoms with Crippen molar-refractivity contribution in [3.8, 4) is 6.07 Å². The number of halogens is 2. The highest BCUT2D eigenvalue weighted by atomic mass is 35.5. The van der Waals surface area contributed by atoms with Crippen LogP contribution < -0.4 is 11.1 Å². The van der Waals surface area contributed by atoms with E-state index in [1.54, 1.807) is 6.07 Å². The van der Waals surface area contributed by atoms with Crippen molar-refractivity contribution in [3.63, 3.8) is 0 Å². The number of nitrogens with one attached hydrogen (secondary N) is 1. The highest BCUT2D eigenvalue weighted by molar-refractivity contribution is 6.30. The molecule has 2 aromatic rings. The Kier molecular flexibility index (Phi) is 3.82. The molecule has 7 heteroatoms. The summed E-state index contributed by atoms with van der Waals surface area (Å²) in [6.45, 7) is 0. The topological polar surface area (TPSA) is 91.8 Å². The van der Waals surface area contributed by atoms with E-state index in [0.717, 1.165) is 6.07 Å². The van der Waals surface area contributed by atoms with Gasteiger partial charge in [0, 0.05) is 11.3 Å². The van der Waals surface area contributed by atoms with Crippen molar-refractivity contribution >= 4 is 29.0 Å². The van der Waals surface area contributed by atoms with Crippen LogP contribution in [0.2, 0.25) is 5.15 Å². The van der Waals surface area contributed by atoms with Crippen molar-refractivity contribution in [3.05, 3.63) is 52.4 Å². The minimum atomic E-state index is -0.651. The number of nitrogens with zero attached hydrogens (tertiary/aromatic N) is 2. The summed E-state index contributed by atoms with van der Waals surface area (Å²) in [6.07, 6.45) is 0. The first-order chi connectivity index (χ1) is 9.49. The summed E-state index contributed by atoms with van der Waals surface area (Å²) in [6, 6.07) is 8.08. The SMILES string of the molecule is N#Cc1cc(NC(=O)c2cc(N)nc(Cl)c2)ccc1F. The summed E-state index contributed by atoms with van der Waals surface area (Å²) in [5, 5.41) is 11.3. The number of hydrogen-bond acceptors (Lipinski definition) is 4. The number of nitrogen functional groups attached to an aromatic ring is 1. The maximum atomic E-state index is 13.2. The first-order valence-electron chi connectivity index (χ1n) is 5.43. The van der Waals surface area contributed by atoms with Crippen molar-refractivity contribution in [1.29, 1.82) is 5.26 Å². The van der Waals surface area contributed by atoms with Crippen LogP contribution in [0, 0.1) is 17.1 Å². The third-order valence-corrected chi connectivity index (χ3v) is 2.61. The average molecular weight is 291 g/mol. The average Bonchev–Trinajstić information content (AvgIpc) is 2.39. The number of nitriles is 1. The first kappa shape index (κ1) is 13.8. The summed E-state index contributed by atoms with van der Waals surface area (Å²) in [7, 11) is 0. The van der Waals surface area contributed by atoms with E-state index in [-0.39, 0.29) is 22.1 Å². The lowest BCUT2D eigenvalue weighted by Gasteiger charge is -2.06. The van der Waals surface area contributed by atoms with Crippen LogP contribution in [0.3, 0.4) is 0 Å². The van der Waals surface area contributed by atoms with E-state index in [0.29, 0.717) is 5.69 Å². The Morgan fingerprint density at radius 3 is 2.80 bits per heavy atom. The summed E-state index contributed by atoms with van der Waals surface area (Å²) >= 11 is 5.70. The van der Waals surface area contributed by atoms with Crippen LogP contribution in [-0.4, -0.2) is 10.9 Å². The molecule has 0 aliphatic rings. The predicted octanol–water partition coefficient (Wildman–Crippen LogP) is 2.58. The first-order valence-corrected chi connectivity index (χ1v) is 5.81. The summed E-state index contributed by atoms with van der Waals surface area (Å²) in [5.74, 6) is -1.03. The molecular weight excluding hydrogens is 283 g/mol. The normalized spacial score (nSPS) is 9.85. The molecule has 5 nitrogen and oxygen atoms in total. The Bertz CT molecular complexity index is 707. The summed E-state index contributed by atoms with van der Waals surface area (Å²) in [4.78, 5) is 15.7. The fourth-order valence-corrected chi connectivity index (χ4v) is 1.76. The molecule has 1 amide bonds. The molecule has 0 saturated heterocycles. The third kappa shape index (κ3) is 3.02. The zero-order valence-corrected chi connectivity index (χ0v) is 10.8. The van der Waals surface area contributed by atoms with Crippen LogP contribution in [-0.2, 0) is 0 Å². The Labute approximate surface area is 118 Å². The second kappa shape index (κ2) is 5.55. The van der Waals surface area contributed by atoms with Crippen LogP contribution in [0.15, 0.2) is 30.3 Å². The lowest BCUT2D eigenvalue weighted by atomic mass is 10.2. The fraction of sp³-hybridized carbons (Fsp3) is 0. The van der Waals surface area contributed by atoms with Gasteiger partial charge in [-0.25, -0.2) is 9.37 Å². The molecule has 1 aromatic carbocycles. The third-order valence-electron chi connectivity index (χ3n) is 2.42. The van der Waals surface area contributed by atoms with Crippen LogP contribution in [0.5, 0.6) is 0 Å². The standard InChI is InChI=1S/C13H8ClFN4O/c14-11-4-7(5-12(17)19-11)13(20)18-9-1-2-10(15)8(3-9)6-16/h1-5H,(H2,17,19)(H,18,20). The van der Waals surface area contributed by atoms with Crippen LogP contribution >= 0.6 is 11.6 Å². The quantitative estimate of drug-likeness (QED) is 0.832. The number of benzene rings is 1. The highest BCUT2D eigenvalue weighted by Gasteiger charge is 2.10. The van der Waals surface area contributed by atoms with Crippen molar-refractivity contribution in [1.82, 2.24) is 4.98 Å². The molecule has 3 N–H and O–H groups in total. The molecule has 0 bridgehead atoms. The Balaban J connectivity index is 2.26. The summed E-state index contributed by atoms with van der Waals surface area (Å²) < 4.78 is 13.2. The van der Waals surface area contributed by atoms with E-state index in [1.165, 1.54) is 24.3 Å². The molecule has 0 unspecified atom stereocenters. The molecule has 1 aromatic heterocycles. The van der Waals surface area contributed by atoms with Gasteiger partial charge in [0.1, 0.15) is 22.9 Å². The second-order valence-electron chi connectivity index (χ2n) is 3.86. The second-order valence-corrected chi connectivity index (χ2v) is 4.25. The lowest BCUT2D eigenvalue weighted by Crippen LogP contribution is -2.13. The molecule has 100 valence electrons. The van der Waals surface area contributed by atoms with Gasteiger partial charge in [0.05, 0.1) is 5.56 Å². The minimum Gasteiger partial charge on any atom is -0.384 e. The summed E-state index contributed by atoms with van der Waals surface area (Å²) in [5.41, 5.74) is 5.84. The Hall–Kier alpha value is -2.65. The molecule has 20 heavy (non-hydrogen) atoms. The van der Waals surface area contributed by atoms with Gasteiger partial charge in [-0.1, -0.05) is 11.6 Å². The zero-order valence-electron chi connectivity index (χ0n) is 10.0. The van der Waals surface area contributed by atoms with Crippen LogP contribution in [0.4, 0.5) is 15.9 Å². The van der Waals surface area contributed by atoms with Crippen molar-refractivity contribution in [2.24, 2.45) is 0 Å². The number of amides is 1. The van der Waals surface area contributed by atoms with Gasteiger partial charge in [0.25, 0.3) is 5.91 Å². The highest BCUT2D eigenvalue weighted by Crippen LogP contribution is 2.17. The largest absolute Gasteiger partial charge is 0.384 e. The van der Waals surface area contributed by atoms with E-state index in [2.05, 4.69) is 10.3 Å². The Morgan fingerprint density at radius 2 is 2.15 bits per heavy atom. The monoisotopic (exact) mass is 290 g/mol. The maximum Gasteiger partial charge on any atom is 0.255 e. The van der Waals surface area contributed by atoms with Gasteiger partial charge in [-0.3, -0.25) is 4.79 Å². The van der Waals surface area contributed by atoms with Gasteiger partial charge in [0.15, 0.2) is 0 Å². The zero-order chi connectivity index (χ0) is 14.7. The van der Waals surface area contributed by atoms with Gasteiger partial charge in [0.2, 0.25) is 0 Å². The fourth-order valence-electron chi connectivity index (χ4n) is 1.54. The van der Waals surface area contributed by atoms with Gasteiger partial charge >= 0.3 is 0 Å². The van der Waals surface area contributed by atoms with Gasteiger partial charge < -0.3 is 11.1 Å². The number of nitrogens with two attached hydrogens (primary N) is 1. The molecule has 0 spiro atoms. The molecule has 0 saturated carbocycles. The number of anilines is 2. The van der Waals surface area contributed by atoms with E-state index in [4.69, 9.17) is 22.6 Å². The number of aromatic nitrogens is 1. The number of carbonyl (C=O) groups excluding carboxylic acids is 1. The van der Waals surface area contributed by atoms with E-state index in [9.17, 15) is 9.18 Å². The predicted molar refractivity (Wildman–Crippen MR) is 72.7 cm³/mol. The minimum absolute atomic E-state index is 0.0898. The molecule has 2 rings (SSSR count). The molecule has 0 atom stereocenters.